The molecule has 1 unspecified atom stereocenters. The molecule has 1 atom stereocenters. The Hall–Kier alpha value is -0.610. The number of carbonyl (C=O) groups is 1. The van der Waals surface area contributed by atoms with Gasteiger partial charge in [-0.2, -0.15) is 0 Å². The SMILES string of the molecule is CCCNC(=O)C(C)NC1(CO)CCC1. The summed E-state index contributed by atoms with van der Waals surface area (Å²) in [4.78, 5) is 11.6. The van der Waals surface area contributed by atoms with E-state index in [1.54, 1.807) is 0 Å². The van der Waals surface area contributed by atoms with Gasteiger partial charge >= 0.3 is 0 Å². The molecule has 1 rings (SSSR count). The molecule has 4 nitrogen and oxygen atoms in total. The van der Waals surface area contributed by atoms with Gasteiger partial charge in [0.2, 0.25) is 5.91 Å². The van der Waals surface area contributed by atoms with Crippen LogP contribution in [0.25, 0.3) is 0 Å². The molecule has 1 aliphatic rings. The Morgan fingerprint density at radius 1 is 1.53 bits per heavy atom. The standard InChI is InChI=1S/C11H22N2O2/c1-3-7-12-10(15)9(2)13-11(8-14)5-4-6-11/h9,13-14H,3-8H2,1-2H3,(H,12,15). The Kier molecular flexibility index (Phi) is 4.54. The van der Waals surface area contributed by atoms with Crippen LogP contribution in [0.1, 0.15) is 39.5 Å². The topological polar surface area (TPSA) is 61.4 Å². The molecular weight excluding hydrogens is 192 g/mol. The quantitative estimate of drug-likeness (QED) is 0.600. The van der Waals surface area contributed by atoms with Crippen LogP contribution in [0.3, 0.4) is 0 Å². The largest absolute Gasteiger partial charge is 0.394 e. The highest BCUT2D eigenvalue weighted by Crippen LogP contribution is 2.31. The van der Waals surface area contributed by atoms with E-state index in [0.717, 1.165) is 32.2 Å². The maximum Gasteiger partial charge on any atom is 0.236 e. The van der Waals surface area contributed by atoms with Gasteiger partial charge in [0, 0.05) is 12.1 Å². The minimum absolute atomic E-state index is 0.0246. The number of aliphatic hydroxyl groups excluding tert-OH is 1. The van der Waals surface area contributed by atoms with Crippen LogP contribution in [-0.2, 0) is 4.79 Å². The van der Waals surface area contributed by atoms with Gasteiger partial charge in [0.25, 0.3) is 0 Å². The van der Waals surface area contributed by atoms with Gasteiger partial charge in [-0.3, -0.25) is 10.1 Å². The number of nitrogens with one attached hydrogen (secondary N) is 2. The lowest BCUT2D eigenvalue weighted by Crippen LogP contribution is -2.60. The van der Waals surface area contributed by atoms with Gasteiger partial charge in [0.1, 0.15) is 0 Å². The van der Waals surface area contributed by atoms with Gasteiger partial charge in [0.15, 0.2) is 0 Å². The molecular formula is C11H22N2O2. The zero-order chi connectivity index (χ0) is 11.3. The molecule has 0 aliphatic heterocycles. The first-order valence-corrected chi connectivity index (χ1v) is 5.80. The maximum atomic E-state index is 11.6. The molecule has 4 heteroatoms. The van der Waals surface area contributed by atoms with Crippen molar-refractivity contribution >= 4 is 5.91 Å². The van der Waals surface area contributed by atoms with Gasteiger partial charge < -0.3 is 10.4 Å². The van der Waals surface area contributed by atoms with Crippen molar-refractivity contribution in [3.8, 4) is 0 Å². The van der Waals surface area contributed by atoms with Crippen LogP contribution in [0.5, 0.6) is 0 Å². The van der Waals surface area contributed by atoms with Crippen molar-refractivity contribution in [1.82, 2.24) is 10.6 Å². The van der Waals surface area contributed by atoms with Gasteiger partial charge in [-0.05, 0) is 32.6 Å². The second-order valence-electron chi connectivity index (χ2n) is 4.45. The van der Waals surface area contributed by atoms with Gasteiger partial charge in [0.05, 0.1) is 12.6 Å². The zero-order valence-electron chi connectivity index (χ0n) is 9.68. The summed E-state index contributed by atoms with van der Waals surface area (Å²) >= 11 is 0. The molecule has 0 aromatic carbocycles. The molecule has 1 fully saturated rings. The third kappa shape index (κ3) is 3.18. The zero-order valence-corrected chi connectivity index (χ0v) is 9.68. The molecule has 88 valence electrons. The number of aliphatic hydroxyl groups is 1. The highest BCUT2D eigenvalue weighted by molar-refractivity contribution is 5.81. The van der Waals surface area contributed by atoms with Crippen molar-refractivity contribution in [3.63, 3.8) is 0 Å². The van der Waals surface area contributed by atoms with E-state index in [1.165, 1.54) is 0 Å². The van der Waals surface area contributed by atoms with Crippen LogP contribution in [0, 0.1) is 0 Å². The van der Waals surface area contributed by atoms with E-state index in [4.69, 9.17) is 0 Å². The van der Waals surface area contributed by atoms with Crippen molar-refractivity contribution in [2.45, 2.75) is 51.1 Å². The molecule has 1 aliphatic carbocycles. The van der Waals surface area contributed by atoms with Crippen LogP contribution in [-0.4, -0.2) is 35.7 Å². The molecule has 15 heavy (non-hydrogen) atoms. The number of carbonyl (C=O) groups excluding carboxylic acids is 1. The van der Waals surface area contributed by atoms with Crippen LogP contribution < -0.4 is 10.6 Å². The minimum atomic E-state index is -0.219. The maximum absolute atomic E-state index is 11.6. The molecule has 1 amide bonds. The van der Waals surface area contributed by atoms with Gasteiger partial charge in [-0.15, -0.1) is 0 Å². The highest BCUT2D eigenvalue weighted by atomic mass is 16.3. The van der Waals surface area contributed by atoms with Gasteiger partial charge in [-0.25, -0.2) is 0 Å². The molecule has 0 heterocycles. The van der Waals surface area contributed by atoms with Crippen molar-refractivity contribution in [1.29, 1.82) is 0 Å². The average Bonchev–Trinajstić information content (AvgIpc) is 2.19. The first-order chi connectivity index (χ1) is 7.13. The van der Waals surface area contributed by atoms with E-state index in [0.29, 0.717) is 0 Å². The van der Waals surface area contributed by atoms with Crippen LogP contribution in [0.2, 0.25) is 0 Å². The summed E-state index contributed by atoms with van der Waals surface area (Å²) in [6.07, 6.45) is 4.02. The molecule has 3 N–H and O–H groups in total. The fourth-order valence-corrected chi connectivity index (χ4v) is 1.88. The lowest BCUT2D eigenvalue weighted by Gasteiger charge is -2.42. The molecule has 0 radical (unpaired) electrons. The normalized spacial score (nSPS) is 20.5. The molecule has 0 aromatic rings. The van der Waals surface area contributed by atoms with E-state index >= 15 is 0 Å². The summed E-state index contributed by atoms with van der Waals surface area (Å²) in [5, 5.41) is 15.3. The Bertz CT molecular complexity index is 209. The van der Waals surface area contributed by atoms with Crippen molar-refractivity contribution in [3.05, 3.63) is 0 Å². The smallest absolute Gasteiger partial charge is 0.236 e. The van der Waals surface area contributed by atoms with Crippen LogP contribution >= 0.6 is 0 Å². The molecule has 1 saturated carbocycles. The van der Waals surface area contributed by atoms with Crippen LogP contribution in [0.15, 0.2) is 0 Å². The molecule has 0 spiro atoms. The summed E-state index contributed by atoms with van der Waals surface area (Å²) < 4.78 is 0. The van der Waals surface area contributed by atoms with E-state index in [2.05, 4.69) is 10.6 Å². The fourth-order valence-electron chi connectivity index (χ4n) is 1.88. The third-order valence-corrected chi connectivity index (χ3v) is 3.08. The van der Waals surface area contributed by atoms with E-state index < -0.39 is 0 Å². The first kappa shape index (κ1) is 12.5. The lowest BCUT2D eigenvalue weighted by molar-refractivity contribution is -0.123. The highest BCUT2D eigenvalue weighted by Gasteiger charge is 2.38. The minimum Gasteiger partial charge on any atom is -0.394 e. The summed E-state index contributed by atoms with van der Waals surface area (Å²) in [5.74, 6) is 0.0246. The number of rotatable bonds is 6. The second-order valence-corrected chi connectivity index (χ2v) is 4.45. The van der Waals surface area contributed by atoms with Crippen LogP contribution in [0.4, 0.5) is 0 Å². The van der Waals surface area contributed by atoms with Crippen molar-refractivity contribution in [2.75, 3.05) is 13.2 Å². The predicted molar refractivity (Wildman–Crippen MR) is 59.6 cm³/mol. The predicted octanol–water partition coefficient (Wildman–Crippen LogP) is 0.406. The van der Waals surface area contributed by atoms with Crippen molar-refractivity contribution < 1.29 is 9.90 Å². The Labute approximate surface area is 91.4 Å². The monoisotopic (exact) mass is 214 g/mol. The summed E-state index contributed by atoms with van der Waals surface area (Å²) in [6.45, 7) is 4.72. The van der Waals surface area contributed by atoms with E-state index in [9.17, 15) is 9.90 Å². The molecule has 0 saturated heterocycles. The first-order valence-electron chi connectivity index (χ1n) is 5.80. The molecule has 0 aromatic heterocycles. The molecule has 0 bridgehead atoms. The summed E-state index contributed by atoms with van der Waals surface area (Å²) in [6, 6.07) is -0.219. The Morgan fingerprint density at radius 2 is 2.20 bits per heavy atom. The number of hydrogen-bond acceptors (Lipinski definition) is 3. The average molecular weight is 214 g/mol. The number of hydrogen-bond donors (Lipinski definition) is 3. The summed E-state index contributed by atoms with van der Waals surface area (Å²) in [7, 11) is 0. The number of amides is 1. The third-order valence-electron chi connectivity index (χ3n) is 3.08. The summed E-state index contributed by atoms with van der Waals surface area (Å²) in [5.41, 5.74) is -0.191. The Balaban J connectivity index is 2.33. The second kappa shape index (κ2) is 5.47. The van der Waals surface area contributed by atoms with E-state index in [1.807, 2.05) is 13.8 Å². The van der Waals surface area contributed by atoms with Crippen molar-refractivity contribution in [2.24, 2.45) is 0 Å². The van der Waals surface area contributed by atoms with Gasteiger partial charge in [-0.1, -0.05) is 6.92 Å². The van der Waals surface area contributed by atoms with E-state index in [-0.39, 0.29) is 24.1 Å². The lowest BCUT2D eigenvalue weighted by atomic mass is 9.77. The Morgan fingerprint density at radius 3 is 2.60 bits per heavy atom. The fraction of sp³-hybridized carbons (Fsp3) is 0.909.